The van der Waals surface area contributed by atoms with Crippen LogP contribution in [0.1, 0.15) is 5.56 Å². The second-order valence-corrected chi connectivity index (χ2v) is 7.82. The topological polar surface area (TPSA) is 53.2 Å². The van der Waals surface area contributed by atoms with E-state index in [-0.39, 0.29) is 12.4 Å². The molecule has 0 atom stereocenters. The van der Waals surface area contributed by atoms with E-state index in [4.69, 9.17) is 0 Å². The molecule has 4 nitrogen and oxygen atoms in total. The third-order valence-electron chi connectivity index (χ3n) is 3.90. The summed E-state index contributed by atoms with van der Waals surface area (Å²) in [7, 11) is 0.578. The Balaban J connectivity index is 0.00000208. The number of nitrogens with zero attached hydrogens (tertiary/aromatic N) is 1. The molecule has 128 valence electrons. The number of hydrogen-bond acceptors (Lipinski definition) is 3. The maximum atomic E-state index is 12.8. The molecule has 0 radical (unpaired) electrons. The van der Waals surface area contributed by atoms with Gasteiger partial charge in [0, 0.05) is 23.6 Å². The second kappa shape index (κ2) is 7.38. The Hall–Kier alpha value is -1.82. The predicted molar refractivity (Wildman–Crippen MR) is 99.7 cm³/mol. The number of sulfone groups is 1. The SMILES string of the molecule is CN(C)CCc1ccc2c(S(=O)(=O)c3ccccc3)c[nH]c2c1.Cl. The molecule has 3 rings (SSSR count). The van der Waals surface area contributed by atoms with Gasteiger partial charge in [-0.05, 0) is 44.3 Å². The van der Waals surface area contributed by atoms with Crippen LogP contribution in [0.25, 0.3) is 10.9 Å². The Morgan fingerprint density at radius 3 is 2.42 bits per heavy atom. The summed E-state index contributed by atoms with van der Waals surface area (Å²) >= 11 is 0. The predicted octanol–water partition coefficient (Wildman–Crippen LogP) is 3.53. The largest absolute Gasteiger partial charge is 0.360 e. The van der Waals surface area contributed by atoms with Crippen LogP contribution in [0.2, 0.25) is 0 Å². The summed E-state index contributed by atoms with van der Waals surface area (Å²) in [5.41, 5.74) is 2.05. The van der Waals surface area contributed by atoms with Gasteiger partial charge >= 0.3 is 0 Å². The third-order valence-corrected chi connectivity index (χ3v) is 5.71. The molecule has 1 aromatic heterocycles. The minimum absolute atomic E-state index is 0. The minimum Gasteiger partial charge on any atom is -0.360 e. The zero-order valence-electron chi connectivity index (χ0n) is 13.7. The van der Waals surface area contributed by atoms with Crippen molar-refractivity contribution in [1.82, 2.24) is 9.88 Å². The molecule has 1 N–H and O–H groups in total. The van der Waals surface area contributed by atoms with Gasteiger partial charge in [0.2, 0.25) is 9.84 Å². The summed E-state index contributed by atoms with van der Waals surface area (Å²) in [6.07, 6.45) is 2.52. The summed E-state index contributed by atoms with van der Waals surface area (Å²) < 4.78 is 25.6. The molecule has 3 aromatic rings. The first-order valence-corrected chi connectivity index (χ1v) is 9.02. The van der Waals surface area contributed by atoms with Crippen LogP contribution in [0.5, 0.6) is 0 Å². The molecule has 2 aromatic carbocycles. The van der Waals surface area contributed by atoms with Crippen molar-refractivity contribution in [2.75, 3.05) is 20.6 Å². The first-order chi connectivity index (χ1) is 11.0. The zero-order chi connectivity index (χ0) is 16.4. The van der Waals surface area contributed by atoms with Crippen molar-refractivity contribution in [2.24, 2.45) is 0 Å². The fourth-order valence-electron chi connectivity index (χ4n) is 2.60. The fourth-order valence-corrected chi connectivity index (χ4v) is 4.05. The van der Waals surface area contributed by atoms with Crippen LogP contribution in [-0.4, -0.2) is 38.9 Å². The molecule has 0 fully saturated rings. The van der Waals surface area contributed by atoms with Gasteiger partial charge in [-0.2, -0.15) is 0 Å². The van der Waals surface area contributed by atoms with Gasteiger partial charge in [-0.25, -0.2) is 8.42 Å². The lowest BCUT2D eigenvalue weighted by molar-refractivity contribution is 0.414. The number of benzene rings is 2. The van der Waals surface area contributed by atoms with Crippen molar-refractivity contribution in [3.05, 3.63) is 60.3 Å². The Morgan fingerprint density at radius 2 is 1.75 bits per heavy atom. The number of nitrogens with one attached hydrogen (secondary N) is 1. The Morgan fingerprint density at radius 1 is 1.04 bits per heavy atom. The normalized spacial score (nSPS) is 11.6. The van der Waals surface area contributed by atoms with Crippen LogP contribution in [0.15, 0.2) is 64.5 Å². The first kappa shape index (κ1) is 18.5. The highest BCUT2D eigenvalue weighted by Crippen LogP contribution is 2.28. The minimum atomic E-state index is -3.50. The lowest BCUT2D eigenvalue weighted by Gasteiger charge is -2.09. The molecule has 0 amide bonds. The Labute approximate surface area is 148 Å². The maximum Gasteiger partial charge on any atom is 0.208 e. The summed E-state index contributed by atoms with van der Waals surface area (Å²) in [6.45, 7) is 0.960. The van der Waals surface area contributed by atoms with E-state index in [0.29, 0.717) is 9.79 Å². The highest BCUT2D eigenvalue weighted by Gasteiger charge is 2.21. The number of fused-ring (bicyclic) bond motifs is 1. The van der Waals surface area contributed by atoms with E-state index in [0.717, 1.165) is 23.9 Å². The number of H-pyrrole nitrogens is 1. The summed E-state index contributed by atoms with van der Waals surface area (Å²) in [6, 6.07) is 14.5. The molecule has 0 aliphatic heterocycles. The van der Waals surface area contributed by atoms with Crippen LogP contribution in [0, 0.1) is 0 Å². The van der Waals surface area contributed by atoms with E-state index in [1.807, 2.05) is 38.4 Å². The molecule has 0 unspecified atom stereocenters. The average molecular weight is 365 g/mol. The van der Waals surface area contributed by atoms with Gasteiger partial charge in [-0.1, -0.05) is 30.3 Å². The third kappa shape index (κ3) is 3.64. The number of halogens is 1. The maximum absolute atomic E-state index is 12.8. The zero-order valence-corrected chi connectivity index (χ0v) is 15.3. The number of aromatic amines is 1. The van der Waals surface area contributed by atoms with E-state index < -0.39 is 9.84 Å². The number of rotatable bonds is 5. The van der Waals surface area contributed by atoms with Crippen LogP contribution >= 0.6 is 12.4 Å². The quantitative estimate of drug-likeness (QED) is 0.753. The number of aromatic nitrogens is 1. The highest BCUT2D eigenvalue weighted by molar-refractivity contribution is 7.91. The van der Waals surface area contributed by atoms with Crippen molar-refractivity contribution in [3.8, 4) is 0 Å². The smallest absolute Gasteiger partial charge is 0.208 e. The van der Waals surface area contributed by atoms with Gasteiger partial charge in [0.05, 0.1) is 9.79 Å². The van der Waals surface area contributed by atoms with E-state index in [2.05, 4.69) is 9.88 Å². The van der Waals surface area contributed by atoms with Gasteiger partial charge in [-0.15, -0.1) is 12.4 Å². The van der Waals surface area contributed by atoms with Gasteiger partial charge < -0.3 is 9.88 Å². The van der Waals surface area contributed by atoms with Crippen molar-refractivity contribution in [1.29, 1.82) is 0 Å². The van der Waals surface area contributed by atoms with E-state index in [1.165, 1.54) is 5.56 Å². The summed E-state index contributed by atoms with van der Waals surface area (Å²) in [5.74, 6) is 0. The Bertz CT molecular complexity index is 919. The molecule has 0 saturated heterocycles. The molecule has 0 saturated carbocycles. The second-order valence-electron chi connectivity index (χ2n) is 5.90. The number of likely N-dealkylation sites (N-methyl/N-ethyl adjacent to an activating group) is 1. The van der Waals surface area contributed by atoms with E-state index >= 15 is 0 Å². The molecule has 0 aliphatic rings. The summed E-state index contributed by atoms with van der Waals surface area (Å²) in [4.78, 5) is 5.88. The summed E-state index contributed by atoms with van der Waals surface area (Å²) in [5, 5.41) is 0.738. The van der Waals surface area contributed by atoms with Gasteiger partial charge in [0.1, 0.15) is 0 Å². The van der Waals surface area contributed by atoms with Gasteiger partial charge in [0.15, 0.2) is 0 Å². The fraction of sp³-hybridized carbons (Fsp3) is 0.222. The van der Waals surface area contributed by atoms with Crippen molar-refractivity contribution in [2.45, 2.75) is 16.2 Å². The molecule has 0 aliphatic carbocycles. The highest BCUT2D eigenvalue weighted by atomic mass is 35.5. The lowest BCUT2D eigenvalue weighted by atomic mass is 10.1. The molecular formula is C18H21ClN2O2S. The van der Waals surface area contributed by atoms with E-state index in [9.17, 15) is 8.42 Å². The molecule has 0 spiro atoms. The average Bonchev–Trinajstić information content (AvgIpc) is 2.97. The lowest BCUT2D eigenvalue weighted by Crippen LogP contribution is -2.14. The van der Waals surface area contributed by atoms with Gasteiger partial charge in [-0.3, -0.25) is 0 Å². The van der Waals surface area contributed by atoms with Crippen LogP contribution in [0.3, 0.4) is 0 Å². The monoisotopic (exact) mass is 364 g/mol. The molecule has 0 bridgehead atoms. The number of hydrogen-bond donors (Lipinski definition) is 1. The molecule has 1 heterocycles. The van der Waals surface area contributed by atoms with Gasteiger partial charge in [0.25, 0.3) is 0 Å². The molecule has 6 heteroatoms. The Kier molecular flexibility index (Phi) is 5.70. The molecule has 24 heavy (non-hydrogen) atoms. The first-order valence-electron chi connectivity index (χ1n) is 7.53. The molecular weight excluding hydrogens is 344 g/mol. The van der Waals surface area contributed by atoms with Crippen molar-refractivity contribution < 1.29 is 8.42 Å². The van der Waals surface area contributed by atoms with Crippen molar-refractivity contribution in [3.63, 3.8) is 0 Å². The van der Waals surface area contributed by atoms with Crippen LogP contribution in [-0.2, 0) is 16.3 Å². The van der Waals surface area contributed by atoms with Crippen molar-refractivity contribution >= 4 is 33.1 Å². The van der Waals surface area contributed by atoms with Crippen LogP contribution < -0.4 is 0 Å². The van der Waals surface area contributed by atoms with E-state index in [1.54, 1.807) is 30.5 Å². The van der Waals surface area contributed by atoms with Crippen LogP contribution in [0.4, 0.5) is 0 Å². The standard InChI is InChI=1S/C18H20N2O2S.ClH/c1-20(2)11-10-14-8-9-16-17(12-14)19-13-18(16)23(21,22)15-6-4-3-5-7-15;/h3-9,12-13,19H,10-11H2,1-2H3;1H.